The summed E-state index contributed by atoms with van der Waals surface area (Å²) in [4.78, 5) is 0. The van der Waals surface area contributed by atoms with E-state index in [2.05, 4.69) is 31.1 Å². The van der Waals surface area contributed by atoms with E-state index in [0.717, 1.165) is 6.71 Å². The second-order valence-corrected chi connectivity index (χ2v) is 6.13. The van der Waals surface area contributed by atoms with Crippen LogP contribution in [0.25, 0.3) is 0 Å². The average molecular weight is 260 g/mol. The van der Waals surface area contributed by atoms with E-state index in [4.69, 9.17) is 0 Å². The second kappa shape index (κ2) is 12.6. The lowest BCUT2D eigenvalue weighted by atomic mass is 9.43. The molecule has 0 saturated carbocycles. The van der Waals surface area contributed by atoms with Crippen LogP contribution in [0.3, 0.4) is 0 Å². The van der Waals surface area contributed by atoms with Gasteiger partial charge in [-0.15, -0.1) is 5.98 Å². The molecule has 0 spiro atoms. The first-order valence-electron chi connectivity index (χ1n) is 8.77. The monoisotopic (exact) mass is 260 g/mol. The molecule has 1 heterocycles. The molecule has 0 aromatic heterocycles. The lowest BCUT2D eigenvalue weighted by Crippen LogP contribution is -2.08. The lowest BCUT2D eigenvalue weighted by Gasteiger charge is -2.08. The summed E-state index contributed by atoms with van der Waals surface area (Å²) in [6, 6.07) is 0. The second-order valence-electron chi connectivity index (χ2n) is 6.13. The molecule has 0 atom stereocenters. The van der Waals surface area contributed by atoms with Crippen LogP contribution in [0.5, 0.6) is 0 Å². The Kier molecular flexibility index (Phi) is 11.0. The van der Waals surface area contributed by atoms with Gasteiger partial charge in [0.15, 0.2) is 6.71 Å². The van der Waals surface area contributed by atoms with Gasteiger partial charge >= 0.3 is 0 Å². The normalized spacial score (nSPS) is 14.3. The summed E-state index contributed by atoms with van der Waals surface area (Å²) in [5, 5.41) is 0. The maximum absolute atomic E-state index is 2.39. The van der Waals surface area contributed by atoms with Crippen molar-refractivity contribution in [2.75, 3.05) is 0 Å². The van der Waals surface area contributed by atoms with E-state index in [1.165, 1.54) is 83.3 Å². The highest BCUT2D eigenvalue weighted by Gasteiger charge is 2.08. The first kappa shape index (κ1) is 16.6. The summed E-state index contributed by atoms with van der Waals surface area (Å²) in [7, 11) is 0. The quantitative estimate of drug-likeness (QED) is 0.279. The van der Waals surface area contributed by atoms with Gasteiger partial charge < -0.3 is 0 Å². The van der Waals surface area contributed by atoms with Crippen LogP contribution in [0.1, 0.15) is 77.6 Å². The molecule has 0 fully saturated rings. The Balaban J connectivity index is 1.74. The minimum Gasteiger partial charge on any atom is -0.115 e. The summed E-state index contributed by atoms with van der Waals surface area (Å²) < 4.78 is 0. The molecule has 0 aromatic rings. The van der Waals surface area contributed by atoms with Gasteiger partial charge in [-0.3, -0.25) is 0 Å². The van der Waals surface area contributed by atoms with E-state index in [-0.39, 0.29) is 0 Å². The van der Waals surface area contributed by atoms with Crippen molar-refractivity contribution in [1.29, 1.82) is 0 Å². The van der Waals surface area contributed by atoms with Gasteiger partial charge in [0.2, 0.25) is 0 Å². The Morgan fingerprint density at radius 1 is 0.737 bits per heavy atom. The zero-order valence-corrected chi connectivity index (χ0v) is 13.1. The van der Waals surface area contributed by atoms with Crippen molar-refractivity contribution < 1.29 is 0 Å². The Labute approximate surface area is 121 Å². The third-order valence-electron chi connectivity index (χ3n) is 4.25. The molecule has 1 aliphatic rings. The molecule has 0 aliphatic carbocycles. The number of hydrogen-bond acceptors (Lipinski definition) is 0. The maximum Gasteiger partial charge on any atom is 0.170 e. The standard InChI is InChI=1S/C18H33B/c1-2-3-4-5-6-7-8-9-10-11-13-16-19-17-14-12-15-18-19/h12,14-15,17H,2-11,13,16,18H2,1H3. The van der Waals surface area contributed by atoms with Gasteiger partial charge in [-0.25, -0.2) is 0 Å². The highest BCUT2D eigenvalue weighted by molar-refractivity contribution is 6.65. The molecule has 0 radical (unpaired) electrons. The Bertz CT molecular complexity index is 242. The Morgan fingerprint density at radius 3 is 1.84 bits per heavy atom. The fourth-order valence-corrected chi connectivity index (χ4v) is 2.92. The largest absolute Gasteiger partial charge is 0.170 e. The SMILES string of the molecule is CCCCCCCCCCCCCB1C=CC=CC1. The minimum atomic E-state index is 0.837. The summed E-state index contributed by atoms with van der Waals surface area (Å²) in [6.45, 7) is 3.13. The van der Waals surface area contributed by atoms with Crippen LogP contribution in [0.4, 0.5) is 0 Å². The highest BCUT2D eigenvalue weighted by Crippen LogP contribution is 2.15. The molecule has 108 valence electrons. The molecular formula is C18H33B. The molecule has 1 heteroatoms. The van der Waals surface area contributed by atoms with Gasteiger partial charge in [0.05, 0.1) is 0 Å². The minimum absolute atomic E-state index is 0.837. The predicted octanol–water partition coefficient (Wildman–Crippen LogP) is 6.46. The third kappa shape index (κ3) is 10.0. The van der Waals surface area contributed by atoms with Gasteiger partial charge in [-0.2, -0.15) is 0 Å². The van der Waals surface area contributed by atoms with E-state index in [1.54, 1.807) is 0 Å². The van der Waals surface area contributed by atoms with Crippen LogP contribution >= 0.6 is 0 Å². The van der Waals surface area contributed by atoms with Crippen LogP contribution in [0, 0.1) is 0 Å². The maximum atomic E-state index is 2.39. The molecule has 19 heavy (non-hydrogen) atoms. The predicted molar refractivity (Wildman–Crippen MR) is 90.1 cm³/mol. The summed E-state index contributed by atoms with van der Waals surface area (Å²) in [5.41, 5.74) is 0. The third-order valence-corrected chi connectivity index (χ3v) is 4.25. The molecule has 1 aliphatic heterocycles. The zero-order chi connectivity index (χ0) is 13.6. The molecule has 0 nitrogen and oxygen atoms in total. The lowest BCUT2D eigenvalue weighted by molar-refractivity contribution is 0.554. The van der Waals surface area contributed by atoms with E-state index in [1.807, 2.05) is 0 Å². The summed E-state index contributed by atoms with van der Waals surface area (Å²) in [5.74, 6) is 2.39. The molecule has 1 rings (SSSR count). The van der Waals surface area contributed by atoms with Crippen molar-refractivity contribution in [2.45, 2.75) is 90.2 Å². The fourth-order valence-electron chi connectivity index (χ4n) is 2.92. The van der Waals surface area contributed by atoms with Crippen LogP contribution in [-0.2, 0) is 0 Å². The van der Waals surface area contributed by atoms with Crippen molar-refractivity contribution in [2.24, 2.45) is 0 Å². The first-order valence-corrected chi connectivity index (χ1v) is 8.77. The number of hydrogen-bond donors (Lipinski definition) is 0. The summed E-state index contributed by atoms with van der Waals surface area (Å²) >= 11 is 0. The Hall–Kier alpha value is -0.455. The van der Waals surface area contributed by atoms with Crippen molar-refractivity contribution in [3.8, 4) is 0 Å². The molecule has 0 unspecified atom stereocenters. The van der Waals surface area contributed by atoms with E-state index < -0.39 is 0 Å². The van der Waals surface area contributed by atoms with Crippen molar-refractivity contribution in [3.63, 3.8) is 0 Å². The topological polar surface area (TPSA) is 0 Å². The highest BCUT2D eigenvalue weighted by atomic mass is 14.0. The van der Waals surface area contributed by atoms with E-state index >= 15 is 0 Å². The van der Waals surface area contributed by atoms with Crippen LogP contribution < -0.4 is 0 Å². The van der Waals surface area contributed by atoms with Crippen molar-refractivity contribution in [1.82, 2.24) is 0 Å². The van der Waals surface area contributed by atoms with Crippen molar-refractivity contribution >= 4 is 6.71 Å². The van der Waals surface area contributed by atoms with Crippen LogP contribution in [0.2, 0.25) is 12.6 Å². The fraction of sp³-hybridized carbons (Fsp3) is 0.778. The van der Waals surface area contributed by atoms with Gasteiger partial charge in [0.25, 0.3) is 0 Å². The molecule has 0 saturated heterocycles. The summed E-state index contributed by atoms with van der Waals surface area (Å²) in [6.07, 6.45) is 25.3. The molecule has 0 amide bonds. The number of unbranched alkanes of at least 4 members (excludes halogenated alkanes) is 10. The average Bonchev–Trinajstić information content (AvgIpc) is 2.46. The van der Waals surface area contributed by atoms with E-state index in [0.29, 0.717) is 0 Å². The molecule has 0 N–H and O–H groups in total. The molecule has 0 aromatic carbocycles. The van der Waals surface area contributed by atoms with Crippen LogP contribution in [0.15, 0.2) is 24.2 Å². The first-order chi connectivity index (χ1) is 9.43. The Morgan fingerprint density at radius 2 is 1.32 bits per heavy atom. The van der Waals surface area contributed by atoms with Gasteiger partial charge in [-0.05, 0) is 0 Å². The van der Waals surface area contributed by atoms with Gasteiger partial charge in [0.1, 0.15) is 0 Å². The van der Waals surface area contributed by atoms with Crippen LogP contribution in [-0.4, -0.2) is 6.71 Å². The number of allylic oxidation sites excluding steroid dienone is 3. The number of rotatable bonds is 12. The molecule has 0 bridgehead atoms. The zero-order valence-electron chi connectivity index (χ0n) is 13.1. The van der Waals surface area contributed by atoms with Gasteiger partial charge in [0, 0.05) is 0 Å². The van der Waals surface area contributed by atoms with Crippen molar-refractivity contribution in [3.05, 3.63) is 24.2 Å². The van der Waals surface area contributed by atoms with Gasteiger partial charge in [-0.1, -0.05) is 108 Å². The van der Waals surface area contributed by atoms with E-state index in [9.17, 15) is 0 Å². The smallest absolute Gasteiger partial charge is 0.115 e. The molecular weight excluding hydrogens is 227 g/mol.